The molecule has 2 aromatic carbocycles. The summed E-state index contributed by atoms with van der Waals surface area (Å²) in [6.45, 7) is 4.48. The van der Waals surface area contributed by atoms with Gasteiger partial charge in [0, 0.05) is 11.1 Å². The van der Waals surface area contributed by atoms with Crippen LogP contribution in [0.25, 0.3) is 10.9 Å². The second kappa shape index (κ2) is 5.07. The van der Waals surface area contributed by atoms with Crippen LogP contribution in [0.5, 0.6) is 0 Å². The minimum atomic E-state index is -0.0548. The van der Waals surface area contributed by atoms with Crippen LogP contribution < -0.4 is 4.90 Å². The number of rotatable bonds is 1. The summed E-state index contributed by atoms with van der Waals surface area (Å²) < 4.78 is 0. The topological polar surface area (TPSA) is 33.2 Å². The highest BCUT2D eigenvalue weighted by Gasteiger charge is 2.32. The number of aromatic nitrogens is 1. The number of hydrogen-bond donors (Lipinski definition) is 0. The minimum Gasteiger partial charge on any atom is -0.302 e. The van der Waals surface area contributed by atoms with Gasteiger partial charge in [-0.2, -0.15) is 0 Å². The van der Waals surface area contributed by atoms with Crippen LogP contribution >= 0.6 is 11.6 Å². The molecule has 3 aromatic rings. The number of nitrogens with zero attached hydrogens (tertiary/aromatic N) is 2. The third-order valence-corrected chi connectivity index (χ3v) is 4.53. The molecule has 0 radical (unpaired) electrons. The van der Waals surface area contributed by atoms with Crippen LogP contribution in [0.4, 0.5) is 5.69 Å². The second-order valence-corrected chi connectivity index (χ2v) is 6.38. The average Bonchev–Trinajstić information content (AvgIpc) is 2.83. The van der Waals surface area contributed by atoms with Crippen molar-refractivity contribution in [2.24, 2.45) is 0 Å². The Morgan fingerprint density at radius 2 is 1.96 bits per heavy atom. The lowest BCUT2D eigenvalue weighted by Crippen LogP contribution is -2.23. The summed E-state index contributed by atoms with van der Waals surface area (Å²) in [6.07, 6.45) is 0. The van der Waals surface area contributed by atoms with E-state index in [1.165, 1.54) is 0 Å². The SMILES string of the molecule is Cc1cc(Cl)c2c(c1)CN(c1cccc3ccc(C)nc13)C2=O. The first-order chi connectivity index (χ1) is 11.0. The molecule has 0 saturated heterocycles. The van der Waals surface area contributed by atoms with Crippen molar-refractivity contribution in [2.75, 3.05) is 4.90 Å². The molecule has 4 rings (SSSR count). The van der Waals surface area contributed by atoms with Crippen molar-refractivity contribution in [3.8, 4) is 0 Å². The molecule has 1 aromatic heterocycles. The largest absolute Gasteiger partial charge is 0.302 e. The van der Waals surface area contributed by atoms with Gasteiger partial charge in [0.1, 0.15) is 0 Å². The molecule has 0 bridgehead atoms. The fraction of sp³-hybridized carbons (Fsp3) is 0.158. The quantitative estimate of drug-likeness (QED) is 0.652. The van der Waals surface area contributed by atoms with Crippen molar-refractivity contribution in [1.82, 2.24) is 4.98 Å². The van der Waals surface area contributed by atoms with Crippen molar-refractivity contribution in [3.63, 3.8) is 0 Å². The summed E-state index contributed by atoms with van der Waals surface area (Å²) >= 11 is 6.30. The summed E-state index contributed by atoms with van der Waals surface area (Å²) in [4.78, 5) is 19.3. The normalized spacial score (nSPS) is 13.7. The molecule has 0 N–H and O–H groups in total. The number of aryl methyl sites for hydroxylation is 2. The zero-order chi connectivity index (χ0) is 16.1. The van der Waals surface area contributed by atoms with E-state index in [0.717, 1.165) is 33.4 Å². The molecule has 1 aliphatic rings. The van der Waals surface area contributed by atoms with E-state index in [0.29, 0.717) is 17.1 Å². The Labute approximate surface area is 139 Å². The summed E-state index contributed by atoms with van der Waals surface area (Å²) in [7, 11) is 0. The molecule has 0 saturated carbocycles. The molecule has 0 atom stereocenters. The fourth-order valence-corrected chi connectivity index (χ4v) is 3.57. The van der Waals surface area contributed by atoms with Crippen molar-refractivity contribution >= 4 is 34.1 Å². The molecular weight excluding hydrogens is 308 g/mol. The molecular formula is C19H15ClN2O. The molecule has 1 amide bonds. The number of fused-ring (bicyclic) bond motifs is 2. The van der Waals surface area contributed by atoms with Crippen LogP contribution in [0.2, 0.25) is 5.02 Å². The Hall–Kier alpha value is -2.39. The standard InChI is InChI=1S/C19H15ClN2O/c1-11-8-14-10-22(19(23)17(14)15(20)9-11)16-5-3-4-13-7-6-12(2)21-18(13)16/h3-9H,10H2,1-2H3. The van der Waals surface area contributed by atoms with Crippen LogP contribution in [0.1, 0.15) is 27.2 Å². The molecule has 114 valence electrons. The molecule has 4 heteroatoms. The lowest BCUT2D eigenvalue weighted by atomic mass is 10.1. The Bertz CT molecular complexity index is 965. The number of para-hydroxylation sites is 1. The molecule has 0 aliphatic carbocycles. The highest BCUT2D eigenvalue weighted by molar-refractivity contribution is 6.35. The number of carbonyl (C=O) groups is 1. The lowest BCUT2D eigenvalue weighted by Gasteiger charge is -2.17. The van der Waals surface area contributed by atoms with Crippen LogP contribution in [-0.4, -0.2) is 10.9 Å². The first-order valence-electron chi connectivity index (χ1n) is 7.52. The molecule has 0 spiro atoms. The van der Waals surface area contributed by atoms with Gasteiger partial charge >= 0.3 is 0 Å². The number of benzene rings is 2. The lowest BCUT2D eigenvalue weighted by molar-refractivity contribution is 0.0997. The molecule has 0 unspecified atom stereocenters. The molecule has 3 nitrogen and oxygen atoms in total. The van der Waals surface area contributed by atoms with Crippen molar-refractivity contribution in [2.45, 2.75) is 20.4 Å². The molecule has 0 fully saturated rings. The summed E-state index contributed by atoms with van der Waals surface area (Å²) in [6, 6.07) is 13.8. The van der Waals surface area contributed by atoms with Crippen LogP contribution in [-0.2, 0) is 6.54 Å². The summed E-state index contributed by atoms with van der Waals surface area (Å²) in [5.74, 6) is -0.0548. The third-order valence-electron chi connectivity index (χ3n) is 4.23. The van der Waals surface area contributed by atoms with Gasteiger partial charge < -0.3 is 4.90 Å². The zero-order valence-corrected chi connectivity index (χ0v) is 13.7. The predicted octanol–water partition coefficient (Wildman–Crippen LogP) is 4.67. The van der Waals surface area contributed by atoms with Crippen LogP contribution in [0.15, 0.2) is 42.5 Å². The molecule has 2 heterocycles. The zero-order valence-electron chi connectivity index (χ0n) is 12.9. The number of carbonyl (C=O) groups excluding carboxylic acids is 1. The minimum absolute atomic E-state index is 0.0548. The van der Waals surface area contributed by atoms with E-state index in [9.17, 15) is 4.79 Å². The van der Waals surface area contributed by atoms with Gasteiger partial charge in [0.2, 0.25) is 0 Å². The van der Waals surface area contributed by atoms with Gasteiger partial charge in [-0.15, -0.1) is 0 Å². The Morgan fingerprint density at radius 1 is 1.13 bits per heavy atom. The van der Waals surface area contributed by atoms with Crippen molar-refractivity contribution in [1.29, 1.82) is 0 Å². The van der Waals surface area contributed by atoms with Gasteiger partial charge in [0.15, 0.2) is 0 Å². The first kappa shape index (κ1) is 14.2. The van der Waals surface area contributed by atoms with E-state index < -0.39 is 0 Å². The van der Waals surface area contributed by atoms with E-state index in [1.807, 2.05) is 56.3 Å². The number of pyridine rings is 1. The van der Waals surface area contributed by atoms with Crippen LogP contribution in [0, 0.1) is 13.8 Å². The van der Waals surface area contributed by atoms with Gasteiger partial charge in [-0.1, -0.05) is 35.9 Å². The first-order valence-corrected chi connectivity index (χ1v) is 7.89. The third kappa shape index (κ3) is 2.20. The van der Waals surface area contributed by atoms with Gasteiger partial charge in [-0.05, 0) is 43.2 Å². The predicted molar refractivity (Wildman–Crippen MR) is 93.2 cm³/mol. The van der Waals surface area contributed by atoms with E-state index in [4.69, 9.17) is 11.6 Å². The Balaban J connectivity index is 1.89. The summed E-state index contributed by atoms with van der Waals surface area (Å²) in [5.41, 5.74) is 5.27. The number of anilines is 1. The van der Waals surface area contributed by atoms with Gasteiger partial charge in [-0.25, -0.2) is 0 Å². The second-order valence-electron chi connectivity index (χ2n) is 5.97. The van der Waals surface area contributed by atoms with E-state index >= 15 is 0 Å². The van der Waals surface area contributed by atoms with E-state index in [1.54, 1.807) is 4.90 Å². The number of halogens is 1. The van der Waals surface area contributed by atoms with Gasteiger partial charge in [0.25, 0.3) is 5.91 Å². The Kier molecular flexibility index (Phi) is 3.13. The van der Waals surface area contributed by atoms with Gasteiger partial charge in [0.05, 0.1) is 28.3 Å². The number of amides is 1. The fourth-order valence-electron chi connectivity index (χ4n) is 3.20. The maximum absolute atomic E-state index is 12.9. The summed E-state index contributed by atoms with van der Waals surface area (Å²) in [5, 5.41) is 1.55. The van der Waals surface area contributed by atoms with Crippen molar-refractivity contribution in [3.05, 3.63) is 69.9 Å². The maximum atomic E-state index is 12.9. The van der Waals surface area contributed by atoms with Gasteiger partial charge in [-0.3, -0.25) is 9.78 Å². The van der Waals surface area contributed by atoms with E-state index in [2.05, 4.69) is 4.98 Å². The molecule has 1 aliphatic heterocycles. The highest BCUT2D eigenvalue weighted by Crippen LogP contribution is 2.36. The monoisotopic (exact) mass is 322 g/mol. The molecule has 23 heavy (non-hydrogen) atoms. The highest BCUT2D eigenvalue weighted by atomic mass is 35.5. The smallest absolute Gasteiger partial charge is 0.260 e. The average molecular weight is 323 g/mol. The van der Waals surface area contributed by atoms with Crippen LogP contribution in [0.3, 0.4) is 0 Å². The van der Waals surface area contributed by atoms with E-state index in [-0.39, 0.29) is 5.91 Å². The Morgan fingerprint density at radius 3 is 2.78 bits per heavy atom. The number of hydrogen-bond acceptors (Lipinski definition) is 2. The van der Waals surface area contributed by atoms with Crippen molar-refractivity contribution < 1.29 is 4.79 Å². The maximum Gasteiger partial charge on any atom is 0.260 e.